The minimum Gasteiger partial charge on any atom is -0.490 e. The van der Waals surface area contributed by atoms with Crippen LogP contribution in [0.3, 0.4) is 0 Å². The molecule has 1 aliphatic rings. The van der Waals surface area contributed by atoms with Crippen LogP contribution in [0.5, 0.6) is 5.75 Å². The van der Waals surface area contributed by atoms with Crippen molar-refractivity contribution in [2.45, 2.75) is 45.1 Å². The Labute approximate surface area is 129 Å². The summed E-state index contributed by atoms with van der Waals surface area (Å²) in [6.45, 7) is 3.97. The van der Waals surface area contributed by atoms with Crippen molar-refractivity contribution in [2.75, 3.05) is 0 Å². The molecule has 3 heteroatoms. The van der Waals surface area contributed by atoms with Gasteiger partial charge in [-0.2, -0.15) is 0 Å². The minimum absolute atomic E-state index is 0.00286. The predicted octanol–water partition coefficient (Wildman–Crippen LogP) is 4.84. The highest BCUT2D eigenvalue weighted by molar-refractivity contribution is 7.10. The van der Waals surface area contributed by atoms with Gasteiger partial charge < -0.3 is 4.74 Å². The predicted molar refractivity (Wildman–Crippen MR) is 86.5 cm³/mol. The fourth-order valence-electron chi connectivity index (χ4n) is 2.97. The van der Waals surface area contributed by atoms with Crippen molar-refractivity contribution in [2.24, 2.45) is 0 Å². The quantitative estimate of drug-likeness (QED) is 0.755. The molecular weight excluding hydrogens is 280 g/mol. The molecule has 0 bridgehead atoms. The highest BCUT2D eigenvalue weighted by Gasteiger charge is 2.29. The number of hydrogen-bond acceptors (Lipinski definition) is 3. The van der Waals surface area contributed by atoms with E-state index in [0.29, 0.717) is 5.75 Å². The zero-order valence-corrected chi connectivity index (χ0v) is 13.3. The van der Waals surface area contributed by atoms with Crippen LogP contribution in [0.1, 0.15) is 53.4 Å². The molecule has 0 amide bonds. The topological polar surface area (TPSA) is 26.3 Å². The van der Waals surface area contributed by atoms with Gasteiger partial charge in [-0.25, -0.2) is 0 Å². The van der Waals surface area contributed by atoms with E-state index in [4.69, 9.17) is 4.74 Å². The van der Waals surface area contributed by atoms with Gasteiger partial charge in [0.25, 0.3) is 0 Å². The molecule has 2 aromatic rings. The molecule has 1 aliphatic carbocycles. The first-order valence-electron chi connectivity index (χ1n) is 7.53. The smallest absolute Gasteiger partial charge is 0.174 e. The molecular formula is C18H20O2S. The van der Waals surface area contributed by atoms with Gasteiger partial charge in [-0.1, -0.05) is 12.1 Å². The third-order valence-corrected chi connectivity index (χ3v) is 4.88. The van der Waals surface area contributed by atoms with E-state index < -0.39 is 0 Å². The molecule has 1 atom stereocenters. The van der Waals surface area contributed by atoms with Gasteiger partial charge in [0.1, 0.15) is 5.75 Å². The van der Waals surface area contributed by atoms with Crippen molar-refractivity contribution in [1.82, 2.24) is 0 Å². The standard InChI is InChI=1S/C18H20O2S/c1-12(2)20-16-8-4-3-6-15(16)18(19)14-7-5-9-17-13(14)10-11-21-17/h3-4,6,8,10-12,14H,5,7,9H2,1-2H3. The molecule has 1 heterocycles. The number of ether oxygens (including phenoxy) is 1. The minimum atomic E-state index is -0.00286. The number of benzene rings is 1. The first-order valence-corrected chi connectivity index (χ1v) is 8.41. The van der Waals surface area contributed by atoms with Gasteiger partial charge in [0, 0.05) is 10.8 Å². The Bertz CT molecular complexity index is 642. The van der Waals surface area contributed by atoms with Crippen molar-refractivity contribution in [3.05, 3.63) is 51.7 Å². The maximum absolute atomic E-state index is 13.0. The number of fused-ring (bicyclic) bond motifs is 1. The molecule has 1 unspecified atom stereocenters. The summed E-state index contributed by atoms with van der Waals surface area (Å²) >= 11 is 1.77. The van der Waals surface area contributed by atoms with E-state index >= 15 is 0 Å². The van der Waals surface area contributed by atoms with E-state index in [1.807, 2.05) is 38.1 Å². The Morgan fingerprint density at radius 3 is 2.90 bits per heavy atom. The zero-order valence-electron chi connectivity index (χ0n) is 12.5. The molecule has 0 N–H and O–H groups in total. The van der Waals surface area contributed by atoms with Crippen LogP contribution in [0, 0.1) is 0 Å². The Balaban J connectivity index is 1.94. The van der Waals surface area contributed by atoms with Crippen LogP contribution < -0.4 is 4.74 Å². The van der Waals surface area contributed by atoms with Gasteiger partial charge in [0.2, 0.25) is 0 Å². The molecule has 2 nitrogen and oxygen atoms in total. The van der Waals surface area contributed by atoms with Gasteiger partial charge >= 0.3 is 0 Å². The van der Waals surface area contributed by atoms with E-state index in [0.717, 1.165) is 24.8 Å². The van der Waals surface area contributed by atoms with Crippen LogP contribution in [0.25, 0.3) is 0 Å². The van der Waals surface area contributed by atoms with Crippen molar-refractivity contribution < 1.29 is 9.53 Å². The molecule has 0 saturated carbocycles. The van der Waals surface area contributed by atoms with E-state index in [1.54, 1.807) is 11.3 Å². The maximum atomic E-state index is 13.0. The number of hydrogen-bond donors (Lipinski definition) is 0. The summed E-state index contributed by atoms with van der Waals surface area (Å²) in [5.74, 6) is 0.905. The number of Topliss-reactive ketones (excluding diaryl/α,β-unsaturated/α-hetero) is 1. The van der Waals surface area contributed by atoms with E-state index in [2.05, 4.69) is 11.4 Å². The summed E-state index contributed by atoms with van der Waals surface area (Å²) < 4.78 is 5.81. The van der Waals surface area contributed by atoms with E-state index in [9.17, 15) is 4.79 Å². The Morgan fingerprint density at radius 1 is 1.29 bits per heavy atom. The number of para-hydroxylation sites is 1. The Kier molecular flexibility index (Phi) is 4.11. The van der Waals surface area contributed by atoms with Crippen LogP contribution >= 0.6 is 11.3 Å². The highest BCUT2D eigenvalue weighted by Crippen LogP contribution is 2.38. The number of carbonyl (C=O) groups excluding carboxylic acids is 1. The number of aryl methyl sites for hydroxylation is 1. The van der Waals surface area contributed by atoms with Gasteiger partial charge in [0.05, 0.1) is 11.7 Å². The number of rotatable bonds is 4. The van der Waals surface area contributed by atoms with Gasteiger partial charge in [0.15, 0.2) is 5.78 Å². The summed E-state index contributed by atoms with van der Waals surface area (Å²) in [6, 6.07) is 9.74. The van der Waals surface area contributed by atoms with Crippen molar-refractivity contribution in [3.63, 3.8) is 0 Å². The van der Waals surface area contributed by atoms with Crippen LogP contribution in [-0.2, 0) is 6.42 Å². The third kappa shape index (κ3) is 2.88. The highest BCUT2D eigenvalue weighted by atomic mass is 32.1. The van der Waals surface area contributed by atoms with Crippen LogP contribution in [0.15, 0.2) is 35.7 Å². The first kappa shape index (κ1) is 14.3. The second-order valence-corrected chi connectivity index (χ2v) is 6.77. The largest absolute Gasteiger partial charge is 0.490 e. The summed E-state index contributed by atoms with van der Waals surface area (Å²) in [6.07, 6.45) is 3.22. The van der Waals surface area contributed by atoms with Crippen LogP contribution in [0.4, 0.5) is 0 Å². The molecule has 0 fully saturated rings. The SMILES string of the molecule is CC(C)Oc1ccccc1C(=O)C1CCCc2sccc21. The molecule has 0 radical (unpaired) electrons. The molecule has 1 aromatic carbocycles. The van der Waals surface area contributed by atoms with Crippen LogP contribution in [-0.4, -0.2) is 11.9 Å². The lowest BCUT2D eigenvalue weighted by atomic mass is 9.82. The van der Waals surface area contributed by atoms with Gasteiger partial charge in [-0.05, 0) is 62.3 Å². The molecule has 0 saturated heterocycles. The maximum Gasteiger partial charge on any atom is 0.174 e. The molecule has 3 rings (SSSR count). The number of thiophene rings is 1. The molecule has 110 valence electrons. The molecule has 0 aliphatic heterocycles. The first-order chi connectivity index (χ1) is 10.2. The number of ketones is 1. The Morgan fingerprint density at radius 2 is 2.10 bits per heavy atom. The Hall–Kier alpha value is -1.61. The monoisotopic (exact) mass is 300 g/mol. The van der Waals surface area contributed by atoms with Crippen molar-refractivity contribution in [3.8, 4) is 5.75 Å². The molecule has 0 spiro atoms. The fourth-order valence-corrected chi connectivity index (χ4v) is 3.96. The van der Waals surface area contributed by atoms with Gasteiger partial charge in [-0.3, -0.25) is 4.79 Å². The van der Waals surface area contributed by atoms with Gasteiger partial charge in [-0.15, -0.1) is 11.3 Å². The molecule has 21 heavy (non-hydrogen) atoms. The lowest BCUT2D eigenvalue weighted by Gasteiger charge is -2.23. The molecule has 1 aromatic heterocycles. The van der Waals surface area contributed by atoms with E-state index in [-0.39, 0.29) is 17.8 Å². The average molecular weight is 300 g/mol. The summed E-state index contributed by atoms with van der Waals surface area (Å²) in [4.78, 5) is 14.4. The van der Waals surface area contributed by atoms with Crippen LogP contribution in [0.2, 0.25) is 0 Å². The van der Waals surface area contributed by atoms with Crippen molar-refractivity contribution in [1.29, 1.82) is 0 Å². The third-order valence-electron chi connectivity index (χ3n) is 3.88. The lowest BCUT2D eigenvalue weighted by molar-refractivity contribution is 0.0945. The van der Waals surface area contributed by atoms with Crippen molar-refractivity contribution >= 4 is 17.1 Å². The summed E-state index contributed by atoms with van der Waals surface area (Å²) in [5.41, 5.74) is 1.95. The van der Waals surface area contributed by atoms with E-state index in [1.165, 1.54) is 10.4 Å². The fraction of sp³-hybridized carbons (Fsp3) is 0.389. The zero-order chi connectivity index (χ0) is 14.8. The lowest BCUT2D eigenvalue weighted by Crippen LogP contribution is -2.19. The summed E-state index contributed by atoms with van der Waals surface area (Å²) in [5, 5.41) is 2.10. The summed E-state index contributed by atoms with van der Waals surface area (Å²) in [7, 11) is 0. The average Bonchev–Trinajstić information content (AvgIpc) is 2.95. The normalized spacial score (nSPS) is 17.6. The second-order valence-electron chi connectivity index (χ2n) is 5.77. The number of carbonyl (C=O) groups is 1. The second kappa shape index (κ2) is 6.02.